The molecule has 16 heavy (non-hydrogen) atoms. The minimum atomic E-state index is -0.872. The summed E-state index contributed by atoms with van der Waals surface area (Å²) >= 11 is 0. The quantitative estimate of drug-likeness (QED) is 0.637. The van der Waals surface area contributed by atoms with E-state index in [2.05, 4.69) is 12.2 Å². The predicted octanol–water partition coefficient (Wildman–Crippen LogP) is 2.03. The zero-order chi connectivity index (χ0) is 12.6. The summed E-state index contributed by atoms with van der Waals surface area (Å²) in [7, 11) is 0. The number of hydrogen-bond acceptors (Lipinski definition) is 3. The van der Waals surface area contributed by atoms with Gasteiger partial charge < -0.3 is 15.2 Å². The molecule has 2 unspecified atom stereocenters. The molecule has 0 saturated heterocycles. The first kappa shape index (κ1) is 15.4. The summed E-state index contributed by atoms with van der Waals surface area (Å²) in [6, 6.07) is 0. The number of rotatable bonds is 9. The van der Waals surface area contributed by atoms with Gasteiger partial charge in [0.05, 0.1) is 6.10 Å². The molecule has 0 fully saturated rings. The van der Waals surface area contributed by atoms with Crippen LogP contribution in [0.2, 0.25) is 0 Å². The molecular formula is C12H25NO3. The van der Waals surface area contributed by atoms with E-state index in [0.717, 1.165) is 12.8 Å². The molecule has 0 radical (unpaired) electrons. The molecule has 0 spiro atoms. The normalized spacial score (nSPS) is 16.8. The minimum Gasteiger partial charge on any atom is -0.480 e. The molecule has 0 aliphatic rings. The van der Waals surface area contributed by atoms with Gasteiger partial charge >= 0.3 is 5.97 Å². The third kappa shape index (κ3) is 5.47. The number of ether oxygens (including phenoxy) is 1. The summed E-state index contributed by atoms with van der Waals surface area (Å²) in [4.78, 5) is 11.2. The minimum absolute atomic E-state index is 0.198. The lowest BCUT2D eigenvalue weighted by atomic mass is 9.98. The van der Waals surface area contributed by atoms with Crippen LogP contribution in [0.1, 0.15) is 47.0 Å². The molecule has 0 aromatic carbocycles. The van der Waals surface area contributed by atoms with Crippen molar-refractivity contribution in [2.45, 2.75) is 58.6 Å². The number of aliphatic carboxylic acids is 1. The van der Waals surface area contributed by atoms with Crippen LogP contribution in [0.15, 0.2) is 0 Å². The van der Waals surface area contributed by atoms with E-state index in [1.807, 2.05) is 13.8 Å². The summed E-state index contributed by atoms with van der Waals surface area (Å²) in [5.74, 6) is -0.811. The molecule has 0 heterocycles. The highest BCUT2D eigenvalue weighted by molar-refractivity contribution is 5.78. The highest BCUT2D eigenvalue weighted by atomic mass is 16.5. The Labute approximate surface area is 98.4 Å². The summed E-state index contributed by atoms with van der Waals surface area (Å²) in [5, 5.41) is 12.2. The third-order valence-corrected chi connectivity index (χ3v) is 2.82. The Morgan fingerprint density at radius 1 is 1.50 bits per heavy atom. The molecule has 0 bridgehead atoms. The number of carboxylic acid groups (broad SMARTS) is 1. The largest absolute Gasteiger partial charge is 0.480 e. The Kier molecular flexibility index (Phi) is 7.34. The first-order valence-corrected chi connectivity index (χ1v) is 6.06. The van der Waals surface area contributed by atoms with Gasteiger partial charge in [-0.25, -0.2) is 0 Å². The van der Waals surface area contributed by atoms with Crippen molar-refractivity contribution in [3.8, 4) is 0 Å². The Hall–Kier alpha value is -0.610. The van der Waals surface area contributed by atoms with Gasteiger partial charge in [0.15, 0.2) is 0 Å². The van der Waals surface area contributed by atoms with Gasteiger partial charge in [0.2, 0.25) is 0 Å². The molecule has 96 valence electrons. The van der Waals surface area contributed by atoms with E-state index in [1.54, 1.807) is 6.92 Å². The lowest BCUT2D eigenvalue weighted by molar-refractivity contribution is -0.145. The highest BCUT2D eigenvalue weighted by Crippen LogP contribution is 2.11. The van der Waals surface area contributed by atoms with Crippen LogP contribution in [0.3, 0.4) is 0 Å². The highest BCUT2D eigenvalue weighted by Gasteiger charge is 2.31. The van der Waals surface area contributed by atoms with Crippen LogP contribution in [0.4, 0.5) is 0 Å². The molecule has 4 nitrogen and oxygen atoms in total. The standard InChI is InChI=1S/C12H25NO3/c1-5-8-13-12(4,11(14)15)7-9-16-10(3)6-2/h10,13H,5-9H2,1-4H3,(H,14,15). The summed E-state index contributed by atoms with van der Waals surface area (Å²) < 4.78 is 5.51. The average Bonchev–Trinajstić information content (AvgIpc) is 2.25. The van der Waals surface area contributed by atoms with Gasteiger partial charge in [0, 0.05) is 6.61 Å². The van der Waals surface area contributed by atoms with Crippen LogP contribution in [0.5, 0.6) is 0 Å². The molecule has 4 heteroatoms. The van der Waals surface area contributed by atoms with Crippen molar-refractivity contribution in [2.75, 3.05) is 13.2 Å². The van der Waals surface area contributed by atoms with E-state index in [9.17, 15) is 4.79 Å². The Morgan fingerprint density at radius 3 is 2.56 bits per heavy atom. The van der Waals surface area contributed by atoms with Crippen molar-refractivity contribution in [2.24, 2.45) is 0 Å². The molecule has 0 aliphatic carbocycles. The number of hydrogen-bond donors (Lipinski definition) is 2. The Morgan fingerprint density at radius 2 is 2.12 bits per heavy atom. The van der Waals surface area contributed by atoms with Gasteiger partial charge in [-0.1, -0.05) is 13.8 Å². The SMILES string of the molecule is CCCNC(C)(CCOC(C)CC)C(=O)O. The molecule has 0 aliphatic heterocycles. The van der Waals surface area contributed by atoms with Crippen molar-refractivity contribution >= 4 is 5.97 Å². The van der Waals surface area contributed by atoms with Crippen molar-refractivity contribution in [1.29, 1.82) is 0 Å². The number of nitrogens with one attached hydrogen (secondary N) is 1. The zero-order valence-corrected chi connectivity index (χ0v) is 10.9. The molecule has 0 rings (SSSR count). The lowest BCUT2D eigenvalue weighted by Gasteiger charge is -2.26. The molecule has 0 aromatic heterocycles. The maximum Gasteiger partial charge on any atom is 0.323 e. The van der Waals surface area contributed by atoms with Gasteiger partial charge in [0.1, 0.15) is 5.54 Å². The predicted molar refractivity (Wildman–Crippen MR) is 64.7 cm³/mol. The van der Waals surface area contributed by atoms with Gasteiger partial charge in [-0.05, 0) is 39.7 Å². The fourth-order valence-corrected chi connectivity index (χ4v) is 1.25. The average molecular weight is 231 g/mol. The van der Waals surface area contributed by atoms with E-state index in [-0.39, 0.29) is 6.10 Å². The van der Waals surface area contributed by atoms with Gasteiger partial charge in [-0.2, -0.15) is 0 Å². The summed E-state index contributed by atoms with van der Waals surface area (Å²) in [6.45, 7) is 8.98. The summed E-state index contributed by atoms with van der Waals surface area (Å²) in [5.41, 5.74) is -0.872. The number of carboxylic acids is 1. The van der Waals surface area contributed by atoms with E-state index in [1.165, 1.54) is 0 Å². The maximum atomic E-state index is 11.2. The fraction of sp³-hybridized carbons (Fsp3) is 0.917. The Balaban J connectivity index is 4.07. The fourth-order valence-electron chi connectivity index (χ4n) is 1.25. The monoisotopic (exact) mass is 231 g/mol. The van der Waals surface area contributed by atoms with E-state index < -0.39 is 11.5 Å². The van der Waals surface area contributed by atoms with Crippen LogP contribution in [-0.4, -0.2) is 35.9 Å². The van der Waals surface area contributed by atoms with Gasteiger partial charge in [-0.3, -0.25) is 4.79 Å². The molecule has 0 amide bonds. The summed E-state index contributed by atoms with van der Waals surface area (Å²) in [6.07, 6.45) is 2.57. The van der Waals surface area contributed by atoms with Crippen molar-refractivity contribution in [3.63, 3.8) is 0 Å². The zero-order valence-electron chi connectivity index (χ0n) is 10.9. The topological polar surface area (TPSA) is 58.6 Å². The van der Waals surface area contributed by atoms with Gasteiger partial charge in [-0.15, -0.1) is 0 Å². The molecular weight excluding hydrogens is 206 g/mol. The third-order valence-electron chi connectivity index (χ3n) is 2.82. The van der Waals surface area contributed by atoms with Gasteiger partial charge in [0.25, 0.3) is 0 Å². The van der Waals surface area contributed by atoms with Crippen molar-refractivity contribution in [3.05, 3.63) is 0 Å². The van der Waals surface area contributed by atoms with E-state index >= 15 is 0 Å². The lowest BCUT2D eigenvalue weighted by Crippen LogP contribution is -2.50. The smallest absolute Gasteiger partial charge is 0.323 e. The van der Waals surface area contributed by atoms with Crippen LogP contribution < -0.4 is 5.32 Å². The van der Waals surface area contributed by atoms with Crippen LogP contribution in [0.25, 0.3) is 0 Å². The van der Waals surface area contributed by atoms with Crippen LogP contribution >= 0.6 is 0 Å². The second kappa shape index (κ2) is 7.63. The molecule has 2 atom stereocenters. The van der Waals surface area contributed by atoms with E-state index in [4.69, 9.17) is 9.84 Å². The first-order valence-electron chi connectivity index (χ1n) is 6.06. The van der Waals surface area contributed by atoms with E-state index in [0.29, 0.717) is 19.6 Å². The van der Waals surface area contributed by atoms with Crippen molar-refractivity contribution in [1.82, 2.24) is 5.32 Å². The molecule has 0 aromatic rings. The second-order valence-corrected chi connectivity index (χ2v) is 4.40. The second-order valence-electron chi connectivity index (χ2n) is 4.40. The molecule has 2 N–H and O–H groups in total. The van der Waals surface area contributed by atoms with Crippen molar-refractivity contribution < 1.29 is 14.6 Å². The Bertz CT molecular complexity index is 208. The maximum absolute atomic E-state index is 11.2. The molecule has 0 saturated carbocycles. The van der Waals surface area contributed by atoms with Crippen LogP contribution in [-0.2, 0) is 9.53 Å². The first-order chi connectivity index (χ1) is 7.46. The number of carbonyl (C=O) groups is 1. The van der Waals surface area contributed by atoms with Crippen LogP contribution in [0, 0.1) is 0 Å².